The van der Waals surface area contributed by atoms with Gasteiger partial charge in [0.2, 0.25) is 11.9 Å². The van der Waals surface area contributed by atoms with E-state index in [4.69, 9.17) is 21.9 Å². The molecule has 2 aromatic rings. The van der Waals surface area contributed by atoms with E-state index in [2.05, 4.69) is 60.7 Å². The number of guanidine groups is 1. The van der Waals surface area contributed by atoms with Crippen LogP contribution in [0.3, 0.4) is 0 Å². The summed E-state index contributed by atoms with van der Waals surface area (Å²) in [7, 11) is 0. The lowest BCUT2D eigenvalue weighted by atomic mass is 9.90. The number of morpholine rings is 1. The zero-order valence-corrected chi connectivity index (χ0v) is 22.4. The van der Waals surface area contributed by atoms with E-state index in [9.17, 15) is 0 Å². The number of thiocarbonyl (C=S) groups is 1. The number of aromatic nitrogens is 2. The molecule has 0 aliphatic carbocycles. The van der Waals surface area contributed by atoms with E-state index in [0.29, 0.717) is 17.0 Å². The lowest BCUT2D eigenvalue weighted by molar-refractivity contribution is 0.0376. The van der Waals surface area contributed by atoms with Crippen LogP contribution in [0, 0.1) is 19.8 Å². The van der Waals surface area contributed by atoms with Gasteiger partial charge in [-0.05, 0) is 75.8 Å². The molecule has 8 nitrogen and oxygen atoms in total. The molecule has 36 heavy (non-hydrogen) atoms. The molecule has 0 radical (unpaired) electrons. The molecule has 2 aliphatic heterocycles. The molecule has 3 heterocycles. The van der Waals surface area contributed by atoms with Gasteiger partial charge in [0, 0.05) is 44.1 Å². The predicted molar refractivity (Wildman–Crippen MR) is 149 cm³/mol. The normalized spacial score (nSPS) is 17.7. The van der Waals surface area contributed by atoms with Crippen molar-refractivity contribution in [1.82, 2.24) is 25.1 Å². The first kappa shape index (κ1) is 26.4. The van der Waals surface area contributed by atoms with Crippen molar-refractivity contribution < 1.29 is 4.74 Å². The van der Waals surface area contributed by atoms with Crippen molar-refractivity contribution in [2.45, 2.75) is 39.5 Å². The Hall–Kier alpha value is -2.62. The monoisotopic (exact) mass is 509 g/mol. The summed E-state index contributed by atoms with van der Waals surface area (Å²) in [6.07, 6.45) is 4.37. The fourth-order valence-corrected chi connectivity index (χ4v) is 5.00. The van der Waals surface area contributed by atoms with Gasteiger partial charge in [-0.25, -0.2) is 9.97 Å². The Morgan fingerprint density at radius 2 is 1.75 bits per heavy atom. The van der Waals surface area contributed by atoms with E-state index in [0.717, 1.165) is 95.5 Å². The second kappa shape index (κ2) is 13.6. The number of aryl methyl sites for hydroxylation is 2. The third-order valence-electron chi connectivity index (χ3n) is 6.73. The Morgan fingerprint density at radius 3 is 2.44 bits per heavy atom. The molecule has 2 saturated heterocycles. The number of aliphatic imine (C=N–C) groups is 1. The summed E-state index contributed by atoms with van der Waals surface area (Å²) in [5, 5.41) is 7.19. The highest BCUT2D eigenvalue weighted by molar-refractivity contribution is 7.80. The van der Waals surface area contributed by atoms with Gasteiger partial charge >= 0.3 is 0 Å². The molecule has 2 N–H and O–H groups in total. The maximum absolute atomic E-state index is 5.61. The molecule has 2 aliphatic rings. The summed E-state index contributed by atoms with van der Waals surface area (Å²) in [6.45, 7) is 11.3. The van der Waals surface area contributed by atoms with Crippen LogP contribution in [0.4, 0.5) is 5.95 Å². The highest BCUT2D eigenvalue weighted by Gasteiger charge is 2.23. The average Bonchev–Trinajstić information content (AvgIpc) is 2.87. The molecule has 0 atom stereocenters. The lowest BCUT2D eigenvalue weighted by Gasteiger charge is -2.34. The molecule has 1 aromatic carbocycles. The molecular weight excluding hydrogens is 470 g/mol. The number of benzene rings is 1. The Balaban J connectivity index is 1.35. The van der Waals surface area contributed by atoms with E-state index in [-0.39, 0.29) is 0 Å². The second-order valence-electron chi connectivity index (χ2n) is 9.69. The standard InChI is InChI=1S/C27H39N7OS/c1-21-19-22(2)30-25(29-21)31-26(32-27(36)28-11-6-12-33-15-17-35-18-16-33)34-13-9-24(10-14-34)20-23-7-4-3-5-8-23/h3-5,7-8,19,24H,6,9-18,20H2,1-2H3,(H2,28,29,30,31,32,36). The third kappa shape index (κ3) is 8.50. The zero-order valence-electron chi connectivity index (χ0n) is 21.6. The van der Waals surface area contributed by atoms with Crippen LogP contribution in [0.2, 0.25) is 0 Å². The number of likely N-dealkylation sites (tertiary alicyclic amines) is 1. The van der Waals surface area contributed by atoms with Gasteiger partial charge in [-0.15, -0.1) is 0 Å². The van der Waals surface area contributed by atoms with Gasteiger partial charge in [-0.3, -0.25) is 10.2 Å². The molecular formula is C27H39N7OS. The van der Waals surface area contributed by atoms with E-state index >= 15 is 0 Å². The first-order valence-electron chi connectivity index (χ1n) is 13.1. The third-order valence-corrected chi connectivity index (χ3v) is 6.96. The predicted octanol–water partition coefficient (Wildman–Crippen LogP) is 3.41. The molecule has 0 spiro atoms. The average molecular weight is 510 g/mol. The van der Waals surface area contributed by atoms with Gasteiger partial charge < -0.3 is 15.0 Å². The molecule has 4 rings (SSSR count). The first-order valence-corrected chi connectivity index (χ1v) is 13.5. The minimum Gasteiger partial charge on any atom is -0.379 e. The van der Waals surface area contributed by atoms with E-state index in [1.165, 1.54) is 5.56 Å². The van der Waals surface area contributed by atoms with Gasteiger partial charge in [-0.1, -0.05) is 30.3 Å². The lowest BCUT2D eigenvalue weighted by Crippen LogP contribution is -2.44. The molecule has 0 amide bonds. The Morgan fingerprint density at radius 1 is 1.06 bits per heavy atom. The quantitative estimate of drug-likeness (QED) is 0.255. The number of hydrogen-bond donors (Lipinski definition) is 2. The van der Waals surface area contributed by atoms with Crippen LogP contribution in [0.1, 0.15) is 36.2 Å². The van der Waals surface area contributed by atoms with Crippen LogP contribution < -0.4 is 10.6 Å². The van der Waals surface area contributed by atoms with Crippen molar-refractivity contribution in [2.75, 3.05) is 57.8 Å². The van der Waals surface area contributed by atoms with E-state index in [1.807, 2.05) is 19.9 Å². The number of rotatable bonds is 7. The van der Waals surface area contributed by atoms with Crippen molar-refractivity contribution in [1.29, 1.82) is 0 Å². The summed E-state index contributed by atoms with van der Waals surface area (Å²) >= 11 is 5.61. The second-order valence-corrected chi connectivity index (χ2v) is 10.1. The van der Waals surface area contributed by atoms with E-state index < -0.39 is 0 Å². The van der Waals surface area contributed by atoms with Crippen LogP contribution in [-0.4, -0.2) is 83.3 Å². The Kier molecular flexibility index (Phi) is 10.0. The minimum atomic E-state index is 0.496. The van der Waals surface area contributed by atoms with Gasteiger partial charge in [0.25, 0.3) is 0 Å². The van der Waals surface area contributed by atoms with Crippen LogP contribution >= 0.6 is 12.2 Å². The maximum atomic E-state index is 5.61. The van der Waals surface area contributed by atoms with E-state index in [1.54, 1.807) is 0 Å². The molecule has 9 heteroatoms. The van der Waals surface area contributed by atoms with Gasteiger partial charge in [0.05, 0.1) is 13.2 Å². The zero-order chi connectivity index (χ0) is 25.2. The Labute approximate surface area is 220 Å². The summed E-state index contributed by atoms with van der Waals surface area (Å²) in [5.74, 6) is 1.96. The summed E-state index contributed by atoms with van der Waals surface area (Å²) in [5.41, 5.74) is 3.26. The summed E-state index contributed by atoms with van der Waals surface area (Å²) in [4.78, 5) is 18.6. The highest BCUT2D eigenvalue weighted by atomic mass is 32.1. The Bertz CT molecular complexity index is 982. The minimum absolute atomic E-state index is 0.496. The van der Waals surface area contributed by atoms with Crippen LogP contribution in [0.15, 0.2) is 41.4 Å². The van der Waals surface area contributed by atoms with Crippen molar-refractivity contribution in [3.63, 3.8) is 0 Å². The number of hydrogen-bond acceptors (Lipinski definition) is 5. The van der Waals surface area contributed by atoms with Gasteiger partial charge in [-0.2, -0.15) is 4.99 Å². The smallest absolute Gasteiger partial charge is 0.229 e. The fourth-order valence-electron chi connectivity index (χ4n) is 4.81. The van der Waals surface area contributed by atoms with Crippen molar-refractivity contribution in [3.05, 3.63) is 53.3 Å². The van der Waals surface area contributed by atoms with Crippen LogP contribution in [0.25, 0.3) is 0 Å². The van der Waals surface area contributed by atoms with Crippen LogP contribution in [-0.2, 0) is 11.2 Å². The summed E-state index contributed by atoms with van der Waals surface area (Å²) < 4.78 is 5.43. The molecule has 1 aromatic heterocycles. The molecule has 0 unspecified atom stereocenters. The van der Waals surface area contributed by atoms with Gasteiger partial charge in [0.1, 0.15) is 0 Å². The largest absolute Gasteiger partial charge is 0.379 e. The SMILES string of the molecule is Cc1cc(C)nc(N/C(=N/C(=S)NCCCN2CCOCC2)N2CCC(Cc3ccccc3)CC2)n1. The molecule has 0 bridgehead atoms. The first-order chi connectivity index (χ1) is 17.5. The topological polar surface area (TPSA) is 77.9 Å². The number of ether oxygens (including phenoxy) is 1. The summed E-state index contributed by atoms with van der Waals surface area (Å²) in [6, 6.07) is 12.7. The van der Waals surface area contributed by atoms with Crippen molar-refractivity contribution >= 4 is 29.2 Å². The number of nitrogens with zero attached hydrogens (tertiary/aromatic N) is 5. The molecule has 194 valence electrons. The maximum Gasteiger partial charge on any atom is 0.229 e. The fraction of sp³-hybridized carbons (Fsp3) is 0.556. The van der Waals surface area contributed by atoms with Crippen molar-refractivity contribution in [3.8, 4) is 0 Å². The van der Waals surface area contributed by atoms with Crippen molar-refractivity contribution in [2.24, 2.45) is 10.9 Å². The number of nitrogens with one attached hydrogen (secondary N) is 2. The van der Waals surface area contributed by atoms with Gasteiger partial charge in [0.15, 0.2) is 5.11 Å². The molecule has 0 saturated carbocycles. The number of anilines is 1. The number of piperidine rings is 1. The highest BCUT2D eigenvalue weighted by Crippen LogP contribution is 2.22. The molecule has 2 fully saturated rings. The van der Waals surface area contributed by atoms with Crippen LogP contribution in [0.5, 0.6) is 0 Å².